The normalized spacial score (nSPS) is 11.8. The van der Waals surface area contributed by atoms with Crippen LogP contribution in [0.4, 0.5) is 5.82 Å². The summed E-state index contributed by atoms with van der Waals surface area (Å²) in [5.41, 5.74) is 0.391. The second kappa shape index (κ2) is 7.61. The molecule has 0 saturated carbocycles. The monoisotopic (exact) mass is 293 g/mol. The molecular formula is C15H23N3O3. The Hall–Kier alpha value is -2.11. The molecule has 116 valence electrons. The second-order valence-corrected chi connectivity index (χ2v) is 4.92. The van der Waals surface area contributed by atoms with E-state index >= 15 is 0 Å². The third kappa shape index (κ3) is 4.18. The highest BCUT2D eigenvalue weighted by Gasteiger charge is 2.23. The Kier molecular flexibility index (Phi) is 6.14. The molecule has 0 spiro atoms. The van der Waals surface area contributed by atoms with Crippen molar-refractivity contribution in [2.75, 3.05) is 25.0 Å². The van der Waals surface area contributed by atoms with Crippen LogP contribution in [0.25, 0.3) is 0 Å². The quantitative estimate of drug-likeness (QED) is 0.830. The number of aromatic nitrogens is 1. The van der Waals surface area contributed by atoms with E-state index in [4.69, 9.17) is 5.11 Å². The smallest absolute Gasteiger partial charge is 0.326 e. The predicted octanol–water partition coefficient (Wildman–Crippen LogP) is 1.86. The van der Waals surface area contributed by atoms with Crippen molar-refractivity contribution < 1.29 is 14.7 Å². The molecule has 0 aliphatic heterocycles. The molecule has 1 atom stereocenters. The van der Waals surface area contributed by atoms with Gasteiger partial charge in [0.05, 0.1) is 5.56 Å². The molecular weight excluding hydrogens is 270 g/mol. The Morgan fingerprint density at radius 1 is 1.33 bits per heavy atom. The van der Waals surface area contributed by atoms with Gasteiger partial charge in [-0.2, -0.15) is 0 Å². The molecule has 1 heterocycles. The number of hydrogen-bond acceptors (Lipinski definition) is 4. The summed E-state index contributed by atoms with van der Waals surface area (Å²) in [5, 5.41) is 8.94. The van der Waals surface area contributed by atoms with Crippen LogP contribution in [0.5, 0.6) is 0 Å². The molecule has 1 unspecified atom stereocenters. The second-order valence-electron chi connectivity index (χ2n) is 4.92. The highest BCUT2D eigenvalue weighted by Crippen LogP contribution is 2.13. The van der Waals surface area contributed by atoms with Crippen LogP contribution in [-0.2, 0) is 4.79 Å². The van der Waals surface area contributed by atoms with Gasteiger partial charge in [-0.15, -0.1) is 0 Å². The van der Waals surface area contributed by atoms with Gasteiger partial charge in [0.2, 0.25) is 0 Å². The zero-order chi connectivity index (χ0) is 16.0. The third-order valence-electron chi connectivity index (χ3n) is 3.45. The van der Waals surface area contributed by atoms with Crippen LogP contribution < -0.4 is 4.90 Å². The van der Waals surface area contributed by atoms with E-state index in [1.807, 2.05) is 0 Å². The number of amides is 1. The molecule has 0 aliphatic carbocycles. The minimum atomic E-state index is -1.03. The summed E-state index contributed by atoms with van der Waals surface area (Å²) in [7, 11) is 1.48. The van der Waals surface area contributed by atoms with Crippen molar-refractivity contribution in [2.45, 2.75) is 33.2 Å². The van der Waals surface area contributed by atoms with Gasteiger partial charge in [0, 0.05) is 26.3 Å². The van der Waals surface area contributed by atoms with E-state index in [1.165, 1.54) is 25.1 Å². The Bertz CT molecular complexity index is 487. The van der Waals surface area contributed by atoms with Gasteiger partial charge >= 0.3 is 5.97 Å². The molecule has 6 heteroatoms. The number of carbonyl (C=O) groups excluding carboxylic acids is 1. The summed E-state index contributed by atoms with van der Waals surface area (Å²) in [6.45, 7) is 7.39. The largest absolute Gasteiger partial charge is 0.480 e. The first-order valence-electron chi connectivity index (χ1n) is 7.13. The first kappa shape index (κ1) is 16.9. The van der Waals surface area contributed by atoms with E-state index in [0.29, 0.717) is 5.56 Å². The van der Waals surface area contributed by atoms with Gasteiger partial charge in [0.1, 0.15) is 11.9 Å². The van der Waals surface area contributed by atoms with Crippen LogP contribution in [-0.4, -0.2) is 53.0 Å². The molecule has 1 aromatic heterocycles. The lowest BCUT2D eigenvalue weighted by atomic mass is 10.2. The van der Waals surface area contributed by atoms with E-state index in [-0.39, 0.29) is 5.91 Å². The van der Waals surface area contributed by atoms with E-state index in [2.05, 4.69) is 23.7 Å². The van der Waals surface area contributed by atoms with E-state index in [1.54, 1.807) is 12.1 Å². The number of aliphatic carboxylic acids is 1. The van der Waals surface area contributed by atoms with E-state index in [9.17, 15) is 9.59 Å². The van der Waals surface area contributed by atoms with Crippen molar-refractivity contribution in [2.24, 2.45) is 0 Å². The van der Waals surface area contributed by atoms with Crippen LogP contribution in [0.3, 0.4) is 0 Å². The highest BCUT2D eigenvalue weighted by molar-refractivity contribution is 5.96. The van der Waals surface area contributed by atoms with Crippen LogP contribution >= 0.6 is 0 Å². The Morgan fingerprint density at radius 2 is 2.00 bits per heavy atom. The van der Waals surface area contributed by atoms with Crippen molar-refractivity contribution >= 4 is 17.7 Å². The van der Waals surface area contributed by atoms with Gasteiger partial charge < -0.3 is 14.9 Å². The lowest BCUT2D eigenvalue weighted by molar-refractivity contribution is -0.141. The molecule has 1 N–H and O–H groups in total. The number of likely N-dealkylation sites (N-methyl/N-ethyl adjacent to an activating group) is 1. The fourth-order valence-electron chi connectivity index (χ4n) is 1.95. The van der Waals surface area contributed by atoms with Gasteiger partial charge in [-0.25, -0.2) is 9.78 Å². The molecule has 0 aromatic carbocycles. The van der Waals surface area contributed by atoms with Crippen LogP contribution in [0.15, 0.2) is 18.3 Å². The summed E-state index contributed by atoms with van der Waals surface area (Å²) in [6, 6.07) is 2.61. The number of carbonyl (C=O) groups is 2. The summed E-state index contributed by atoms with van der Waals surface area (Å²) < 4.78 is 0. The average Bonchev–Trinajstić information content (AvgIpc) is 2.50. The van der Waals surface area contributed by atoms with Crippen molar-refractivity contribution in [3.05, 3.63) is 23.9 Å². The Morgan fingerprint density at radius 3 is 2.43 bits per heavy atom. The molecule has 0 saturated heterocycles. The maximum atomic E-state index is 12.2. The van der Waals surface area contributed by atoms with Gasteiger partial charge in [-0.1, -0.05) is 6.92 Å². The Labute approximate surface area is 125 Å². The van der Waals surface area contributed by atoms with E-state index in [0.717, 1.165) is 25.3 Å². The average molecular weight is 293 g/mol. The fourth-order valence-corrected chi connectivity index (χ4v) is 1.95. The van der Waals surface area contributed by atoms with Gasteiger partial charge in [0.25, 0.3) is 5.91 Å². The zero-order valence-corrected chi connectivity index (χ0v) is 13.0. The molecule has 1 rings (SSSR count). The number of carboxylic acid groups (broad SMARTS) is 1. The maximum absolute atomic E-state index is 12.2. The summed E-state index contributed by atoms with van der Waals surface area (Å²) in [4.78, 5) is 30.7. The number of pyridine rings is 1. The number of rotatable bonds is 7. The van der Waals surface area contributed by atoms with Gasteiger partial charge in [-0.3, -0.25) is 4.79 Å². The van der Waals surface area contributed by atoms with Crippen LogP contribution in [0, 0.1) is 0 Å². The SMILES string of the molecule is CCCN(CC)c1ccc(C(=O)N(C)C(C)C(=O)O)cn1. The topological polar surface area (TPSA) is 73.7 Å². The van der Waals surface area contributed by atoms with Crippen molar-refractivity contribution in [1.82, 2.24) is 9.88 Å². The maximum Gasteiger partial charge on any atom is 0.326 e. The minimum Gasteiger partial charge on any atom is -0.480 e. The molecule has 0 fully saturated rings. The molecule has 0 aliphatic rings. The number of nitrogens with zero attached hydrogens (tertiary/aromatic N) is 3. The van der Waals surface area contributed by atoms with Crippen molar-refractivity contribution in [3.8, 4) is 0 Å². The fraction of sp³-hybridized carbons (Fsp3) is 0.533. The van der Waals surface area contributed by atoms with Crippen molar-refractivity contribution in [1.29, 1.82) is 0 Å². The van der Waals surface area contributed by atoms with Gasteiger partial charge in [-0.05, 0) is 32.4 Å². The molecule has 1 aromatic rings. The lowest BCUT2D eigenvalue weighted by Crippen LogP contribution is -2.40. The molecule has 21 heavy (non-hydrogen) atoms. The molecule has 0 radical (unpaired) electrons. The molecule has 6 nitrogen and oxygen atoms in total. The van der Waals surface area contributed by atoms with E-state index < -0.39 is 12.0 Å². The summed E-state index contributed by atoms with van der Waals surface area (Å²) >= 11 is 0. The summed E-state index contributed by atoms with van der Waals surface area (Å²) in [6.07, 6.45) is 2.52. The minimum absolute atomic E-state index is 0.345. The van der Waals surface area contributed by atoms with Crippen molar-refractivity contribution in [3.63, 3.8) is 0 Å². The Balaban J connectivity index is 2.86. The number of anilines is 1. The first-order valence-corrected chi connectivity index (χ1v) is 7.13. The molecule has 0 bridgehead atoms. The standard InChI is InChI=1S/C15H23N3O3/c1-5-9-18(6-2)13-8-7-12(10-16-13)14(19)17(4)11(3)15(20)21/h7-8,10-11H,5-6,9H2,1-4H3,(H,20,21). The first-order chi connectivity index (χ1) is 9.92. The van der Waals surface area contributed by atoms with Gasteiger partial charge in [0.15, 0.2) is 0 Å². The predicted molar refractivity (Wildman–Crippen MR) is 81.6 cm³/mol. The highest BCUT2D eigenvalue weighted by atomic mass is 16.4. The lowest BCUT2D eigenvalue weighted by Gasteiger charge is -2.23. The molecule has 1 amide bonds. The third-order valence-corrected chi connectivity index (χ3v) is 3.45. The van der Waals surface area contributed by atoms with Crippen LogP contribution in [0.2, 0.25) is 0 Å². The number of carboxylic acids is 1. The van der Waals surface area contributed by atoms with Crippen LogP contribution in [0.1, 0.15) is 37.6 Å². The zero-order valence-electron chi connectivity index (χ0n) is 13.0. The number of hydrogen-bond donors (Lipinski definition) is 1. The summed E-state index contributed by atoms with van der Waals surface area (Å²) in [5.74, 6) is -0.553.